The molecular weight excluding hydrogens is 394 g/mol. The Balaban J connectivity index is 1.45. The molecule has 2 aliphatic rings. The fourth-order valence-electron chi connectivity index (χ4n) is 4.23. The van der Waals surface area contributed by atoms with Gasteiger partial charge in [0.25, 0.3) is 5.91 Å². The van der Waals surface area contributed by atoms with E-state index in [1.54, 1.807) is 24.2 Å². The van der Waals surface area contributed by atoms with E-state index < -0.39 is 6.04 Å². The van der Waals surface area contributed by atoms with Gasteiger partial charge in [0.2, 0.25) is 11.5 Å². The molecule has 2 saturated heterocycles. The molecule has 0 aliphatic carbocycles. The maximum atomic E-state index is 13.1. The highest BCUT2D eigenvalue weighted by Crippen LogP contribution is 2.24. The van der Waals surface area contributed by atoms with E-state index in [1.807, 2.05) is 30.1 Å². The first-order valence-electron chi connectivity index (χ1n) is 10.7. The summed E-state index contributed by atoms with van der Waals surface area (Å²) in [6.45, 7) is 3.53. The monoisotopic (exact) mass is 423 g/mol. The van der Waals surface area contributed by atoms with E-state index in [9.17, 15) is 14.4 Å². The van der Waals surface area contributed by atoms with Gasteiger partial charge in [-0.25, -0.2) is 0 Å². The zero-order valence-corrected chi connectivity index (χ0v) is 18.1. The number of anilines is 2. The van der Waals surface area contributed by atoms with Crippen molar-refractivity contribution in [3.05, 3.63) is 58.5 Å². The second kappa shape index (κ2) is 8.93. The Kier molecular flexibility index (Phi) is 6.08. The van der Waals surface area contributed by atoms with Crippen LogP contribution < -0.4 is 15.8 Å². The Morgan fingerprint density at radius 2 is 1.77 bits per heavy atom. The smallest absolute Gasteiger partial charge is 0.255 e. The van der Waals surface area contributed by atoms with E-state index >= 15 is 0 Å². The number of piperazine rings is 1. The number of nitrogens with zero attached hydrogens (tertiary/aromatic N) is 4. The van der Waals surface area contributed by atoms with Crippen LogP contribution in [0.2, 0.25) is 0 Å². The molecule has 1 aromatic heterocycles. The van der Waals surface area contributed by atoms with Gasteiger partial charge in [-0.1, -0.05) is 6.07 Å². The third-order valence-corrected chi connectivity index (χ3v) is 6.16. The molecule has 8 nitrogen and oxygen atoms in total. The van der Waals surface area contributed by atoms with Crippen molar-refractivity contribution >= 4 is 23.2 Å². The molecule has 0 radical (unpaired) electrons. The summed E-state index contributed by atoms with van der Waals surface area (Å²) in [6.07, 6.45) is 3.94. The number of carbonyl (C=O) groups is 2. The third kappa shape index (κ3) is 4.64. The van der Waals surface area contributed by atoms with Crippen LogP contribution in [-0.4, -0.2) is 72.0 Å². The topological polar surface area (TPSA) is 77.9 Å². The summed E-state index contributed by atoms with van der Waals surface area (Å²) in [5.41, 5.74) is 2.18. The van der Waals surface area contributed by atoms with Crippen molar-refractivity contribution in [1.29, 1.82) is 0 Å². The molecule has 31 heavy (non-hydrogen) atoms. The van der Waals surface area contributed by atoms with Crippen molar-refractivity contribution in [2.24, 2.45) is 7.05 Å². The molecule has 1 atom stereocenters. The fraction of sp³-hybridized carbons (Fsp3) is 0.435. The van der Waals surface area contributed by atoms with Gasteiger partial charge in [-0.2, -0.15) is 0 Å². The average Bonchev–Trinajstić information content (AvgIpc) is 3.31. The van der Waals surface area contributed by atoms with Gasteiger partial charge in [0.1, 0.15) is 6.04 Å². The van der Waals surface area contributed by atoms with Crippen LogP contribution in [0.5, 0.6) is 0 Å². The highest BCUT2D eigenvalue weighted by Gasteiger charge is 2.32. The van der Waals surface area contributed by atoms with Gasteiger partial charge >= 0.3 is 0 Å². The summed E-state index contributed by atoms with van der Waals surface area (Å²) < 4.78 is 1.39. The molecule has 164 valence electrons. The van der Waals surface area contributed by atoms with Crippen molar-refractivity contribution in [3.8, 4) is 0 Å². The Morgan fingerprint density at radius 3 is 2.52 bits per heavy atom. The van der Waals surface area contributed by atoms with Crippen LogP contribution in [0.1, 0.15) is 23.2 Å². The van der Waals surface area contributed by atoms with Crippen LogP contribution in [0, 0.1) is 0 Å². The maximum absolute atomic E-state index is 13.1. The first-order valence-corrected chi connectivity index (χ1v) is 10.7. The molecule has 2 amide bonds. The molecule has 0 unspecified atom stereocenters. The van der Waals surface area contributed by atoms with Gasteiger partial charge in [0.15, 0.2) is 0 Å². The molecule has 0 bridgehead atoms. The first kappa shape index (κ1) is 21.1. The molecule has 8 heteroatoms. The molecule has 2 fully saturated rings. The van der Waals surface area contributed by atoms with E-state index in [4.69, 9.17) is 0 Å². The number of likely N-dealkylation sites (N-methyl/N-ethyl adjacent to an activating group) is 1. The summed E-state index contributed by atoms with van der Waals surface area (Å²) >= 11 is 0. The second-order valence-electron chi connectivity index (χ2n) is 8.35. The number of pyridine rings is 1. The zero-order valence-electron chi connectivity index (χ0n) is 18.1. The normalized spacial score (nSPS) is 19.5. The van der Waals surface area contributed by atoms with E-state index in [0.29, 0.717) is 25.2 Å². The number of aromatic nitrogens is 1. The third-order valence-electron chi connectivity index (χ3n) is 6.16. The highest BCUT2D eigenvalue weighted by molar-refractivity contribution is 5.97. The van der Waals surface area contributed by atoms with E-state index in [2.05, 4.69) is 16.3 Å². The lowest BCUT2D eigenvalue weighted by atomic mass is 10.1. The van der Waals surface area contributed by atoms with E-state index in [0.717, 1.165) is 24.5 Å². The van der Waals surface area contributed by atoms with Crippen molar-refractivity contribution in [3.63, 3.8) is 0 Å². The van der Waals surface area contributed by atoms with Crippen LogP contribution in [-0.2, 0) is 11.8 Å². The lowest BCUT2D eigenvalue weighted by molar-refractivity contribution is -0.122. The number of carbonyl (C=O) groups excluding carboxylic acids is 2. The summed E-state index contributed by atoms with van der Waals surface area (Å²) in [7, 11) is 3.52. The van der Waals surface area contributed by atoms with Crippen molar-refractivity contribution in [1.82, 2.24) is 14.4 Å². The molecule has 1 N–H and O–H groups in total. The van der Waals surface area contributed by atoms with Crippen molar-refractivity contribution < 1.29 is 9.59 Å². The molecule has 2 aromatic rings. The number of rotatable bonds is 4. The number of nitrogens with one attached hydrogen (secondary N) is 1. The Bertz CT molecular complexity index is 1030. The van der Waals surface area contributed by atoms with Gasteiger partial charge < -0.3 is 19.7 Å². The summed E-state index contributed by atoms with van der Waals surface area (Å²) in [5, 5.41) is 3.03. The lowest BCUT2D eigenvalue weighted by Crippen LogP contribution is -2.57. The van der Waals surface area contributed by atoms with Gasteiger partial charge in [-0.05, 0) is 44.2 Å². The lowest BCUT2D eigenvalue weighted by Gasteiger charge is -2.38. The Hall–Kier alpha value is -3.13. The first-order chi connectivity index (χ1) is 14.9. The van der Waals surface area contributed by atoms with Crippen LogP contribution in [0.4, 0.5) is 11.4 Å². The van der Waals surface area contributed by atoms with Crippen LogP contribution in [0.25, 0.3) is 0 Å². The fourth-order valence-corrected chi connectivity index (χ4v) is 4.23. The summed E-state index contributed by atoms with van der Waals surface area (Å²) in [5.74, 6) is -0.295. The maximum Gasteiger partial charge on any atom is 0.255 e. The van der Waals surface area contributed by atoms with Crippen molar-refractivity contribution in [2.75, 3.05) is 50.0 Å². The number of amides is 2. The summed E-state index contributed by atoms with van der Waals surface area (Å²) in [6, 6.07) is 10.4. The van der Waals surface area contributed by atoms with Crippen LogP contribution >= 0.6 is 0 Å². The zero-order chi connectivity index (χ0) is 22.0. The van der Waals surface area contributed by atoms with Gasteiger partial charge in [-0.15, -0.1) is 0 Å². The SMILES string of the molecule is CN1CCN(C(=O)c2ccc(=O)n(C)c2)C[C@@H]1C(=O)Nc1cccc(N2CCCC2)c1. The number of hydrogen-bond donors (Lipinski definition) is 1. The number of hydrogen-bond acceptors (Lipinski definition) is 5. The molecule has 4 rings (SSSR count). The summed E-state index contributed by atoms with van der Waals surface area (Å²) in [4.78, 5) is 43.6. The molecule has 0 spiro atoms. The van der Waals surface area contributed by atoms with Gasteiger partial charge in [0, 0.05) is 63.4 Å². The predicted octanol–water partition coefficient (Wildman–Crippen LogP) is 1.38. The Labute approximate surface area is 182 Å². The minimum absolute atomic E-state index is 0.126. The quantitative estimate of drug-likeness (QED) is 0.804. The largest absolute Gasteiger partial charge is 0.371 e. The minimum Gasteiger partial charge on any atom is -0.371 e. The predicted molar refractivity (Wildman–Crippen MR) is 121 cm³/mol. The van der Waals surface area contributed by atoms with Crippen molar-refractivity contribution in [2.45, 2.75) is 18.9 Å². The molecule has 1 aromatic carbocycles. The van der Waals surface area contributed by atoms with E-state index in [1.165, 1.54) is 23.5 Å². The number of aryl methyl sites for hydroxylation is 1. The molecule has 0 saturated carbocycles. The molecule has 2 aliphatic heterocycles. The highest BCUT2D eigenvalue weighted by atomic mass is 16.2. The minimum atomic E-state index is -0.444. The second-order valence-corrected chi connectivity index (χ2v) is 8.35. The molecule has 3 heterocycles. The van der Waals surface area contributed by atoms with E-state index in [-0.39, 0.29) is 17.4 Å². The molecular formula is C23H29N5O3. The van der Waals surface area contributed by atoms with Gasteiger partial charge in [-0.3, -0.25) is 19.3 Å². The average molecular weight is 424 g/mol. The standard InChI is InChI=1S/C23H29N5O3/c1-25-12-13-28(23(31)17-8-9-21(29)26(2)15-17)16-20(25)22(30)24-18-6-5-7-19(14-18)27-10-3-4-11-27/h5-9,14-15,20H,3-4,10-13,16H2,1-2H3,(H,24,30)/t20-/m1/s1. The Morgan fingerprint density at radius 1 is 1.00 bits per heavy atom. The van der Waals surface area contributed by atoms with Gasteiger partial charge in [0.05, 0.1) is 5.56 Å². The van der Waals surface area contributed by atoms with Crippen LogP contribution in [0.3, 0.4) is 0 Å². The van der Waals surface area contributed by atoms with Crippen LogP contribution in [0.15, 0.2) is 47.4 Å². The number of benzene rings is 1.